The average molecular weight is 197 g/mol. The third-order valence-electron chi connectivity index (χ3n) is 2.55. The summed E-state index contributed by atoms with van der Waals surface area (Å²) < 4.78 is 10.9. The van der Waals surface area contributed by atoms with Gasteiger partial charge in [-0.15, -0.1) is 0 Å². The van der Waals surface area contributed by atoms with Gasteiger partial charge in [0.25, 0.3) is 0 Å². The minimum absolute atomic E-state index is 0.259. The summed E-state index contributed by atoms with van der Waals surface area (Å²) in [6.45, 7) is 6.20. The fraction of sp³-hybridized carbons (Fsp3) is 0.909. The first-order valence-corrected chi connectivity index (χ1v) is 5.25. The Kier molecular flexibility index (Phi) is 4.37. The summed E-state index contributed by atoms with van der Waals surface area (Å²) in [6.07, 6.45) is 3.14. The zero-order valence-corrected chi connectivity index (χ0v) is 9.08. The zero-order chi connectivity index (χ0) is 10.4. The SMILES string of the molecule is CC(C)(C#N)CCOC1CCOCC1. The van der Waals surface area contributed by atoms with Crippen molar-refractivity contribution in [3.63, 3.8) is 0 Å². The maximum Gasteiger partial charge on any atom is 0.0684 e. The van der Waals surface area contributed by atoms with Gasteiger partial charge in [-0.2, -0.15) is 5.26 Å². The molecule has 0 saturated carbocycles. The first kappa shape index (κ1) is 11.5. The molecule has 1 fully saturated rings. The molecule has 14 heavy (non-hydrogen) atoms. The second-order valence-corrected chi connectivity index (χ2v) is 4.43. The van der Waals surface area contributed by atoms with E-state index in [4.69, 9.17) is 14.7 Å². The summed E-state index contributed by atoms with van der Waals surface area (Å²) in [5.74, 6) is 0. The summed E-state index contributed by atoms with van der Waals surface area (Å²) in [5.41, 5.74) is -0.259. The Morgan fingerprint density at radius 1 is 1.43 bits per heavy atom. The predicted octanol–water partition coefficient (Wildman–Crippen LogP) is 2.12. The molecule has 1 saturated heterocycles. The first-order chi connectivity index (χ1) is 6.64. The quantitative estimate of drug-likeness (QED) is 0.693. The molecule has 0 bridgehead atoms. The third kappa shape index (κ3) is 4.08. The highest BCUT2D eigenvalue weighted by molar-refractivity contribution is 4.91. The van der Waals surface area contributed by atoms with Crippen molar-refractivity contribution in [2.45, 2.75) is 39.2 Å². The first-order valence-electron chi connectivity index (χ1n) is 5.25. The van der Waals surface area contributed by atoms with Crippen molar-refractivity contribution in [3.05, 3.63) is 0 Å². The highest BCUT2D eigenvalue weighted by Crippen LogP contribution is 2.19. The number of ether oxygens (including phenoxy) is 2. The van der Waals surface area contributed by atoms with E-state index >= 15 is 0 Å². The van der Waals surface area contributed by atoms with E-state index < -0.39 is 0 Å². The Bertz CT molecular complexity index is 202. The third-order valence-corrected chi connectivity index (χ3v) is 2.55. The molecule has 1 heterocycles. The number of hydrogen-bond acceptors (Lipinski definition) is 3. The molecule has 0 aromatic carbocycles. The van der Waals surface area contributed by atoms with Gasteiger partial charge >= 0.3 is 0 Å². The molecule has 0 spiro atoms. The van der Waals surface area contributed by atoms with Crippen LogP contribution in [0.1, 0.15) is 33.1 Å². The topological polar surface area (TPSA) is 42.2 Å². The standard InChI is InChI=1S/C11H19NO2/c1-11(2,9-12)5-8-14-10-3-6-13-7-4-10/h10H,3-8H2,1-2H3. The van der Waals surface area contributed by atoms with E-state index in [9.17, 15) is 0 Å². The fourth-order valence-corrected chi connectivity index (χ4v) is 1.38. The van der Waals surface area contributed by atoms with Gasteiger partial charge < -0.3 is 9.47 Å². The van der Waals surface area contributed by atoms with Crippen molar-refractivity contribution in [3.8, 4) is 6.07 Å². The molecule has 0 aromatic rings. The summed E-state index contributed by atoms with van der Waals surface area (Å²) in [5, 5.41) is 8.81. The molecule has 0 aromatic heterocycles. The van der Waals surface area contributed by atoms with Gasteiger partial charge in [0.1, 0.15) is 0 Å². The van der Waals surface area contributed by atoms with Crippen LogP contribution in [0.2, 0.25) is 0 Å². The van der Waals surface area contributed by atoms with Gasteiger partial charge in [-0.25, -0.2) is 0 Å². The molecule has 3 nitrogen and oxygen atoms in total. The Balaban J connectivity index is 2.12. The molecule has 1 aliphatic rings. The maximum atomic E-state index is 8.81. The lowest BCUT2D eigenvalue weighted by Gasteiger charge is -2.24. The van der Waals surface area contributed by atoms with E-state index in [1.165, 1.54) is 0 Å². The van der Waals surface area contributed by atoms with Crippen molar-refractivity contribution in [2.75, 3.05) is 19.8 Å². The summed E-state index contributed by atoms with van der Waals surface area (Å²) in [6, 6.07) is 2.27. The molecule has 0 atom stereocenters. The lowest BCUT2D eigenvalue weighted by molar-refractivity contribution is -0.0363. The van der Waals surface area contributed by atoms with E-state index in [2.05, 4.69) is 6.07 Å². The lowest BCUT2D eigenvalue weighted by atomic mass is 9.92. The summed E-state index contributed by atoms with van der Waals surface area (Å²) in [4.78, 5) is 0. The Hall–Kier alpha value is -0.590. The second-order valence-electron chi connectivity index (χ2n) is 4.43. The molecule has 0 aliphatic carbocycles. The van der Waals surface area contributed by atoms with Gasteiger partial charge in [0.2, 0.25) is 0 Å². The van der Waals surface area contributed by atoms with Crippen molar-refractivity contribution in [1.29, 1.82) is 5.26 Å². The molecule has 80 valence electrons. The Morgan fingerprint density at radius 3 is 2.64 bits per heavy atom. The van der Waals surface area contributed by atoms with E-state index in [0.29, 0.717) is 12.7 Å². The van der Waals surface area contributed by atoms with Crippen molar-refractivity contribution in [2.24, 2.45) is 5.41 Å². The van der Waals surface area contributed by atoms with Crippen LogP contribution in [0.3, 0.4) is 0 Å². The Morgan fingerprint density at radius 2 is 2.07 bits per heavy atom. The van der Waals surface area contributed by atoms with Crippen molar-refractivity contribution in [1.82, 2.24) is 0 Å². The molecule has 0 radical (unpaired) electrons. The van der Waals surface area contributed by atoms with Gasteiger partial charge in [0, 0.05) is 19.8 Å². The fourth-order valence-electron chi connectivity index (χ4n) is 1.38. The maximum absolute atomic E-state index is 8.81. The minimum Gasteiger partial charge on any atom is -0.381 e. The monoisotopic (exact) mass is 197 g/mol. The average Bonchev–Trinajstić information content (AvgIpc) is 2.19. The van der Waals surface area contributed by atoms with E-state index in [1.807, 2.05) is 13.8 Å². The zero-order valence-electron chi connectivity index (χ0n) is 9.08. The molecule has 1 rings (SSSR count). The van der Waals surface area contributed by atoms with Gasteiger partial charge in [0.15, 0.2) is 0 Å². The van der Waals surface area contributed by atoms with E-state index in [-0.39, 0.29) is 5.41 Å². The van der Waals surface area contributed by atoms with Gasteiger partial charge in [-0.05, 0) is 33.1 Å². The highest BCUT2D eigenvalue weighted by Gasteiger charge is 2.18. The van der Waals surface area contributed by atoms with Crippen LogP contribution >= 0.6 is 0 Å². The summed E-state index contributed by atoms with van der Waals surface area (Å²) >= 11 is 0. The van der Waals surface area contributed by atoms with Crippen LogP contribution in [0, 0.1) is 16.7 Å². The molecule has 1 aliphatic heterocycles. The number of rotatable bonds is 4. The van der Waals surface area contributed by atoms with Crippen LogP contribution in [0.25, 0.3) is 0 Å². The van der Waals surface area contributed by atoms with Gasteiger partial charge in [-0.1, -0.05) is 0 Å². The van der Waals surface area contributed by atoms with Gasteiger partial charge in [0.05, 0.1) is 17.6 Å². The van der Waals surface area contributed by atoms with Crippen LogP contribution < -0.4 is 0 Å². The largest absolute Gasteiger partial charge is 0.381 e. The molecular weight excluding hydrogens is 178 g/mol. The number of hydrogen-bond donors (Lipinski definition) is 0. The normalized spacial score (nSPS) is 19.2. The Labute approximate surface area is 86.0 Å². The molecule has 3 heteroatoms. The minimum atomic E-state index is -0.259. The van der Waals surface area contributed by atoms with Crippen LogP contribution in [-0.4, -0.2) is 25.9 Å². The van der Waals surface area contributed by atoms with E-state index in [1.54, 1.807) is 0 Å². The predicted molar refractivity (Wildman–Crippen MR) is 53.8 cm³/mol. The van der Waals surface area contributed by atoms with Gasteiger partial charge in [-0.3, -0.25) is 0 Å². The van der Waals surface area contributed by atoms with Crippen LogP contribution in [0.5, 0.6) is 0 Å². The number of nitriles is 1. The molecular formula is C11H19NO2. The van der Waals surface area contributed by atoms with E-state index in [0.717, 1.165) is 32.5 Å². The molecule has 0 unspecified atom stereocenters. The molecule has 0 N–H and O–H groups in total. The molecule has 0 amide bonds. The number of nitrogens with zero attached hydrogens (tertiary/aromatic N) is 1. The van der Waals surface area contributed by atoms with Crippen LogP contribution in [0.15, 0.2) is 0 Å². The highest BCUT2D eigenvalue weighted by atomic mass is 16.5. The van der Waals surface area contributed by atoms with Crippen LogP contribution in [0.4, 0.5) is 0 Å². The summed E-state index contributed by atoms with van der Waals surface area (Å²) in [7, 11) is 0. The van der Waals surface area contributed by atoms with Crippen LogP contribution in [-0.2, 0) is 9.47 Å². The van der Waals surface area contributed by atoms with Crippen molar-refractivity contribution < 1.29 is 9.47 Å². The lowest BCUT2D eigenvalue weighted by Crippen LogP contribution is -2.25. The smallest absolute Gasteiger partial charge is 0.0684 e. The van der Waals surface area contributed by atoms with Crippen molar-refractivity contribution >= 4 is 0 Å². The second kappa shape index (κ2) is 5.33.